The lowest BCUT2D eigenvalue weighted by atomic mass is 10.2. The average Bonchev–Trinajstić information content (AvgIpc) is 2.41. The molecule has 0 amide bonds. The fraction of sp³-hybridized carbons (Fsp3) is 0.538. The number of hydrogen-bond donors (Lipinski definition) is 0. The normalized spacial score (nSPS) is 18.7. The van der Waals surface area contributed by atoms with Crippen LogP contribution in [0.4, 0.5) is 4.39 Å². The van der Waals surface area contributed by atoms with Gasteiger partial charge in [0.2, 0.25) is 10.0 Å². The van der Waals surface area contributed by atoms with Crippen molar-refractivity contribution in [3.8, 4) is 0 Å². The molecular formula is C13H19FN2O2S. The fourth-order valence-electron chi connectivity index (χ4n) is 2.21. The molecule has 1 heterocycles. The molecule has 0 radical (unpaired) electrons. The van der Waals surface area contributed by atoms with Crippen LogP contribution in [0.2, 0.25) is 0 Å². The van der Waals surface area contributed by atoms with E-state index in [2.05, 4.69) is 11.8 Å². The molecule has 6 heteroatoms. The van der Waals surface area contributed by atoms with Gasteiger partial charge in [-0.3, -0.25) is 0 Å². The van der Waals surface area contributed by atoms with Crippen molar-refractivity contribution < 1.29 is 12.8 Å². The maximum atomic E-state index is 13.2. The number of sulfonamides is 1. The predicted molar refractivity (Wildman–Crippen MR) is 72.0 cm³/mol. The minimum Gasteiger partial charge on any atom is -0.301 e. The number of piperazine rings is 1. The summed E-state index contributed by atoms with van der Waals surface area (Å²) in [6.45, 7) is 7.05. The number of nitrogens with zero attached hydrogens (tertiary/aromatic N) is 2. The lowest BCUT2D eigenvalue weighted by molar-refractivity contribution is 0.196. The van der Waals surface area contributed by atoms with Gasteiger partial charge in [-0.25, -0.2) is 12.8 Å². The number of halogens is 1. The SMILES string of the molecule is CCN1CCN(S(=O)(=O)c2ccc(F)c(C)c2)CC1. The van der Waals surface area contributed by atoms with E-state index in [0.717, 1.165) is 19.6 Å². The van der Waals surface area contributed by atoms with Crippen LogP contribution in [-0.2, 0) is 10.0 Å². The third-order valence-corrected chi connectivity index (χ3v) is 5.44. The van der Waals surface area contributed by atoms with E-state index in [1.54, 1.807) is 6.92 Å². The van der Waals surface area contributed by atoms with Crippen molar-refractivity contribution in [2.75, 3.05) is 32.7 Å². The molecule has 1 aliphatic heterocycles. The molecule has 0 spiro atoms. The lowest BCUT2D eigenvalue weighted by Crippen LogP contribution is -2.48. The highest BCUT2D eigenvalue weighted by atomic mass is 32.2. The maximum Gasteiger partial charge on any atom is 0.243 e. The van der Waals surface area contributed by atoms with Crippen LogP contribution in [0.15, 0.2) is 23.1 Å². The molecule has 2 rings (SSSR count). The summed E-state index contributed by atoms with van der Waals surface area (Å²) in [4.78, 5) is 2.39. The molecule has 0 N–H and O–H groups in total. The first-order chi connectivity index (χ1) is 8.95. The Bertz CT molecular complexity index is 552. The summed E-state index contributed by atoms with van der Waals surface area (Å²) < 4.78 is 39.6. The second-order valence-corrected chi connectivity index (χ2v) is 6.69. The Morgan fingerprint density at radius 2 is 1.84 bits per heavy atom. The predicted octanol–water partition coefficient (Wildman–Crippen LogP) is 1.46. The standard InChI is InChI=1S/C13H19FN2O2S/c1-3-15-6-8-16(9-7-15)19(17,18)12-4-5-13(14)11(2)10-12/h4-5,10H,3,6-9H2,1-2H3. The van der Waals surface area contributed by atoms with Crippen LogP contribution in [0.25, 0.3) is 0 Å². The van der Waals surface area contributed by atoms with Crippen LogP contribution in [0.3, 0.4) is 0 Å². The van der Waals surface area contributed by atoms with Gasteiger partial charge in [-0.2, -0.15) is 4.31 Å². The molecule has 106 valence electrons. The Balaban J connectivity index is 2.21. The van der Waals surface area contributed by atoms with E-state index in [-0.39, 0.29) is 10.7 Å². The maximum absolute atomic E-state index is 13.2. The largest absolute Gasteiger partial charge is 0.301 e. The van der Waals surface area contributed by atoms with Gasteiger partial charge < -0.3 is 4.90 Å². The van der Waals surface area contributed by atoms with Gasteiger partial charge in [0.05, 0.1) is 4.90 Å². The molecule has 4 nitrogen and oxygen atoms in total. The molecule has 0 atom stereocenters. The average molecular weight is 286 g/mol. The number of rotatable bonds is 3. The van der Waals surface area contributed by atoms with Crippen molar-refractivity contribution in [2.24, 2.45) is 0 Å². The summed E-state index contributed by atoms with van der Waals surface area (Å²) in [5, 5.41) is 0. The molecule has 1 aliphatic rings. The van der Waals surface area contributed by atoms with E-state index in [9.17, 15) is 12.8 Å². The molecule has 1 aromatic carbocycles. The van der Waals surface area contributed by atoms with Crippen molar-refractivity contribution >= 4 is 10.0 Å². The van der Waals surface area contributed by atoms with E-state index < -0.39 is 10.0 Å². The number of likely N-dealkylation sites (N-methyl/N-ethyl adjacent to an activating group) is 1. The summed E-state index contributed by atoms with van der Waals surface area (Å²) >= 11 is 0. The van der Waals surface area contributed by atoms with Crippen molar-refractivity contribution in [3.05, 3.63) is 29.6 Å². The van der Waals surface area contributed by atoms with Crippen molar-refractivity contribution in [2.45, 2.75) is 18.7 Å². The Kier molecular flexibility index (Phi) is 4.23. The van der Waals surface area contributed by atoms with Crippen molar-refractivity contribution in [1.29, 1.82) is 0 Å². The number of hydrogen-bond acceptors (Lipinski definition) is 3. The second-order valence-electron chi connectivity index (χ2n) is 4.75. The lowest BCUT2D eigenvalue weighted by Gasteiger charge is -2.33. The van der Waals surface area contributed by atoms with Crippen molar-refractivity contribution in [1.82, 2.24) is 9.21 Å². The molecule has 0 aromatic heterocycles. The van der Waals surface area contributed by atoms with Gasteiger partial charge in [-0.1, -0.05) is 6.92 Å². The van der Waals surface area contributed by atoms with E-state index in [1.807, 2.05) is 0 Å². The Morgan fingerprint density at radius 1 is 1.21 bits per heavy atom. The molecule has 0 saturated carbocycles. The highest BCUT2D eigenvalue weighted by Gasteiger charge is 2.28. The first-order valence-corrected chi connectivity index (χ1v) is 7.88. The molecule has 0 unspecified atom stereocenters. The number of aryl methyl sites for hydroxylation is 1. The van der Waals surface area contributed by atoms with E-state index in [0.29, 0.717) is 18.7 Å². The van der Waals surface area contributed by atoms with E-state index in [4.69, 9.17) is 0 Å². The second kappa shape index (κ2) is 5.56. The molecular weight excluding hydrogens is 267 g/mol. The smallest absolute Gasteiger partial charge is 0.243 e. The molecule has 1 fully saturated rings. The van der Waals surface area contributed by atoms with Gasteiger partial charge in [0.25, 0.3) is 0 Å². The number of benzene rings is 1. The molecule has 0 aliphatic carbocycles. The van der Waals surface area contributed by atoms with Crippen LogP contribution >= 0.6 is 0 Å². The van der Waals surface area contributed by atoms with Crippen LogP contribution in [0, 0.1) is 12.7 Å². The summed E-state index contributed by atoms with van der Waals surface area (Å²) in [6, 6.07) is 3.95. The van der Waals surface area contributed by atoms with Gasteiger partial charge in [0.1, 0.15) is 5.82 Å². The Morgan fingerprint density at radius 3 is 2.37 bits per heavy atom. The first-order valence-electron chi connectivity index (χ1n) is 6.44. The van der Waals surface area contributed by atoms with E-state index in [1.165, 1.54) is 22.5 Å². The summed E-state index contributed by atoms with van der Waals surface area (Å²) in [5.74, 6) is -0.380. The summed E-state index contributed by atoms with van der Waals surface area (Å²) in [6.07, 6.45) is 0. The van der Waals surface area contributed by atoms with Crippen LogP contribution in [0.5, 0.6) is 0 Å². The zero-order valence-corrected chi connectivity index (χ0v) is 12.1. The fourth-order valence-corrected chi connectivity index (χ4v) is 3.72. The zero-order chi connectivity index (χ0) is 14.0. The molecule has 0 bridgehead atoms. The summed E-state index contributed by atoms with van der Waals surface area (Å²) in [5.41, 5.74) is 0.355. The molecule has 1 saturated heterocycles. The van der Waals surface area contributed by atoms with Crippen LogP contribution in [-0.4, -0.2) is 50.3 Å². The third-order valence-electron chi connectivity index (χ3n) is 3.55. The highest BCUT2D eigenvalue weighted by molar-refractivity contribution is 7.89. The van der Waals surface area contributed by atoms with Gasteiger partial charge in [-0.05, 0) is 37.2 Å². The quantitative estimate of drug-likeness (QED) is 0.844. The minimum atomic E-state index is -3.49. The molecule has 1 aromatic rings. The van der Waals surface area contributed by atoms with Gasteiger partial charge >= 0.3 is 0 Å². The first kappa shape index (κ1) is 14.4. The minimum absolute atomic E-state index is 0.177. The zero-order valence-electron chi connectivity index (χ0n) is 11.3. The van der Waals surface area contributed by atoms with Crippen molar-refractivity contribution in [3.63, 3.8) is 0 Å². The van der Waals surface area contributed by atoms with Gasteiger partial charge in [0, 0.05) is 26.2 Å². The van der Waals surface area contributed by atoms with Gasteiger partial charge in [-0.15, -0.1) is 0 Å². The van der Waals surface area contributed by atoms with Gasteiger partial charge in [0.15, 0.2) is 0 Å². The summed E-state index contributed by atoms with van der Waals surface area (Å²) in [7, 11) is -3.49. The highest BCUT2D eigenvalue weighted by Crippen LogP contribution is 2.20. The topological polar surface area (TPSA) is 40.6 Å². The van der Waals surface area contributed by atoms with Crippen LogP contribution in [0.1, 0.15) is 12.5 Å². The van der Waals surface area contributed by atoms with Crippen LogP contribution < -0.4 is 0 Å². The molecule has 19 heavy (non-hydrogen) atoms. The van der Waals surface area contributed by atoms with E-state index >= 15 is 0 Å². The Hall–Kier alpha value is -0.980. The Labute approximate surface area is 113 Å². The third kappa shape index (κ3) is 2.96. The monoisotopic (exact) mass is 286 g/mol.